The summed E-state index contributed by atoms with van der Waals surface area (Å²) in [6, 6.07) is 15.7. The Kier molecular flexibility index (Phi) is 5.40. The molecule has 0 aliphatic carbocycles. The summed E-state index contributed by atoms with van der Waals surface area (Å²) in [4.78, 5) is 12.0. The van der Waals surface area contributed by atoms with E-state index < -0.39 is 0 Å². The molecule has 5 nitrogen and oxygen atoms in total. The molecular formula is C19H19N3O2S. The second-order valence-electron chi connectivity index (χ2n) is 5.67. The van der Waals surface area contributed by atoms with Gasteiger partial charge >= 0.3 is 0 Å². The van der Waals surface area contributed by atoms with E-state index in [9.17, 15) is 4.79 Å². The topological polar surface area (TPSA) is 64.1 Å². The predicted octanol–water partition coefficient (Wildman–Crippen LogP) is 4.23. The number of ether oxygens (including phenoxy) is 1. The van der Waals surface area contributed by atoms with E-state index in [-0.39, 0.29) is 12.3 Å². The first-order chi connectivity index (χ1) is 12.1. The normalized spacial score (nSPS) is 10.5. The summed E-state index contributed by atoms with van der Waals surface area (Å²) in [6.07, 6.45) is 0.257. The highest BCUT2D eigenvalue weighted by Crippen LogP contribution is 2.25. The molecule has 3 aromatic rings. The summed E-state index contributed by atoms with van der Waals surface area (Å²) in [6.45, 7) is 4.41. The molecule has 1 aromatic heterocycles. The number of anilines is 1. The van der Waals surface area contributed by atoms with Gasteiger partial charge in [-0.2, -0.15) is 0 Å². The Labute approximate surface area is 150 Å². The number of hydrogen-bond acceptors (Lipinski definition) is 5. The predicted molar refractivity (Wildman–Crippen MR) is 100 cm³/mol. The van der Waals surface area contributed by atoms with Crippen LogP contribution in [0, 0.1) is 13.8 Å². The van der Waals surface area contributed by atoms with E-state index in [2.05, 4.69) is 22.4 Å². The van der Waals surface area contributed by atoms with Crippen LogP contribution in [0.3, 0.4) is 0 Å². The summed E-state index contributed by atoms with van der Waals surface area (Å²) < 4.78 is 5.63. The lowest BCUT2D eigenvalue weighted by Crippen LogP contribution is -2.15. The molecule has 0 bridgehead atoms. The minimum atomic E-state index is -0.139. The van der Waals surface area contributed by atoms with Crippen molar-refractivity contribution in [1.29, 1.82) is 0 Å². The quantitative estimate of drug-likeness (QED) is 0.720. The fourth-order valence-corrected chi connectivity index (χ4v) is 2.98. The number of nitrogens with zero attached hydrogens (tertiary/aromatic N) is 2. The van der Waals surface area contributed by atoms with Crippen LogP contribution in [0.4, 0.5) is 5.13 Å². The van der Waals surface area contributed by atoms with E-state index >= 15 is 0 Å². The van der Waals surface area contributed by atoms with E-state index in [1.807, 2.05) is 55.5 Å². The molecule has 1 heterocycles. The van der Waals surface area contributed by atoms with Gasteiger partial charge in [-0.15, -0.1) is 10.2 Å². The van der Waals surface area contributed by atoms with Gasteiger partial charge < -0.3 is 10.1 Å². The third-order valence-corrected chi connectivity index (χ3v) is 4.66. The molecule has 0 fully saturated rings. The van der Waals surface area contributed by atoms with E-state index in [1.165, 1.54) is 22.5 Å². The maximum atomic E-state index is 12.0. The highest BCUT2D eigenvalue weighted by Gasteiger charge is 2.09. The molecule has 0 saturated heterocycles. The van der Waals surface area contributed by atoms with Gasteiger partial charge in [-0.3, -0.25) is 4.79 Å². The largest absolute Gasteiger partial charge is 0.493 e. The molecule has 2 aromatic carbocycles. The minimum Gasteiger partial charge on any atom is -0.493 e. The second kappa shape index (κ2) is 7.90. The van der Waals surface area contributed by atoms with E-state index in [0.717, 1.165) is 16.3 Å². The van der Waals surface area contributed by atoms with Crippen molar-refractivity contribution in [2.24, 2.45) is 0 Å². The highest BCUT2D eigenvalue weighted by molar-refractivity contribution is 7.18. The fourth-order valence-electron chi connectivity index (χ4n) is 2.22. The average Bonchev–Trinajstić information content (AvgIpc) is 3.07. The van der Waals surface area contributed by atoms with E-state index in [4.69, 9.17) is 4.74 Å². The first-order valence-corrected chi connectivity index (χ1v) is 8.82. The minimum absolute atomic E-state index is 0.139. The Balaban J connectivity index is 1.49. The molecule has 3 rings (SSSR count). The Morgan fingerprint density at radius 3 is 2.64 bits per heavy atom. The van der Waals surface area contributed by atoms with Gasteiger partial charge in [0.25, 0.3) is 0 Å². The van der Waals surface area contributed by atoms with Crippen LogP contribution < -0.4 is 10.1 Å². The van der Waals surface area contributed by atoms with Gasteiger partial charge in [-0.25, -0.2) is 0 Å². The van der Waals surface area contributed by atoms with Crippen LogP contribution in [-0.4, -0.2) is 22.7 Å². The van der Waals surface area contributed by atoms with Crippen molar-refractivity contribution in [2.45, 2.75) is 20.3 Å². The van der Waals surface area contributed by atoms with Crippen LogP contribution in [0.15, 0.2) is 48.5 Å². The molecule has 25 heavy (non-hydrogen) atoms. The van der Waals surface area contributed by atoms with Crippen molar-refractivity contribution < 1.29 is 9.53 Å². The average molecular weight is 353 g/mol. The molecule has 0 saturated carbocycles. The van der Waals surface area contributed by atoms with Crippen LogP contribution in [0.1, 0.15) is 17.5 Å². The summed E-state index contributed by atoms with van der Waals surface area (Å²) in [7, 11) is 0. The number of rotatable bonds is 6. The number of carbonyl (C=O) groups excluding carboxylic acids is 1. The molecule has 0 aliphatic heterocycles. The van der Waals surface area contributed by atoms with Gasteiger partial charge in [0.05, 0.1) is 13.0 Å². The van der Waals surface area contributed by atoms with Gasteiger partial charge in [0, 0.05) is 5.56 Å². The highest BCUT2D eigenvalue weighted by atomic mass is 32.1. The van der Waals surface area contributed by atoms with E-state index in [1.54, 1.807) is 0 Å². The Hall–Kier alpha value is -2.73. The molecule has 6 heteroatoms. The van der Waals surface area contributed by atoms with E-state index in [0.29, 0.717) is 11.7 Å². The maximum absolute atomic E-state index is 12.0. The summed E-state index contributed by atoms with van der Waals surface area (Å²) in [5.41, 5.74) is 3.37. The monoisotopic (exact) mass is 353 g/mol. The maximum Gasteiger partial charge on any atom is 0.229 e. The smallest absolute Gasteiger partial charge is 0.229 e. The molecule has 128 valence electrons. The SMILES string of the molecule is Cc1ccc(OCCC(=O)Nc2nnc(-c3ccccc3)s2)cc1C. The summed E-state index contributed by atoms with van der Waals surface area (Å²) in [5, 5.41) is 12.2. The Bertz CT molecular complexity index is 862. The number of hydrogen-bond donors (Lipinski definition) is 1. The Morgan fingerprint density at radius 1 is 1.08 bits per heavy atom. The number of aromatic nitrogens is 2. The zero-order valence-corrected chi connectivity index (χ0v) is 15.0. The van der Waals surface area contributed by atoms with Gasteiger partial charge in [0.1, 0.15) is 10.8 Å². The lowest BCUT2D eigenvalue weighted by atomic mass is 10.1. The van der Waals surface area contributed by atoms with Crippen LogP contribution in [0.25, 0.3) is 10.6 Å². The molecule has 0 radical (unpaired) electrons. The molecule has 1 N–H and O–H groups in total. The lowest BCUT2D eigenvalue weighted by molar-refractivity contribution is -0.116. The molecule has 0 atom stereocenters. The van der Waals surface area contributed by atoms with Gasteiger partial charge in [0.15, 0.2) is 0 Å². The van der Waals surface area contributed by atoms with Crippen LogP contribution in [-0.2, 0) is 4.79 Å². The van der Waals surface area contributed by atoms with Crippen LogP contribution in [0.5, 0.6) is 5.75 Å². The van der Waals surface area contributed by atoms with Crippen molar-refractivity contribution in [2.75, 3.05) is 11.9 Å². The first kappa shape index (κ1) is 17.1. The standard InChI is InChI=1S/C19H19N3O2S/c1-13-8-9-16(12-14(13)2)24-11-10-17(23)20-19-22-21-18(25-19)15-6-4-3-5-7-15/h3-9,12H,10-11H2,1-2H3,(H,20,22,23). The molecule has 0 aliphatic rings. The zero-order valence-electron chi connectivity index (χ0n) is 14.2. The van der Waals surface area contributed by atoms with Crippen molar-refractivity contribution in [1.82, 2.24) is 10.2 Å². The molecule has 0 unspecified atom stereocenters. The number of aryl methyl sites for hydroxylation is 2. The first-order valence-electron chi connectivity index (χ1n) is 8.00. The number of benzene rings is 2. The fraction of sp³-hybridized carbons (Fsp3) is 0.211. The van der Waals surface area contributed by atoms with Crippen molar-refractivity contribution in [3.63, 3.8) is 0 Å². The number of amides is 1. The third kappa shape index (κ3) is 4.64. The van der Waals surface area contributed by atoms with Crippen LogP contribution in [0.2, 0.25) is 0 Å². The van der Waals surface area contributed by atoms with Gasteiger partial charge in [-0.05, 0) is 37.1 Å². The van der Waals surface area contributed by atoms with Crippen molar-refractivity contribution in [3.8, 4) is 16.3 Å². The van der Waals surface area contributed by atoms with Gasteiger partial charge in [-0.1, -0.05) is 47.7 Å². The van der Waals surface area contributed by atoms with Crippen molar-refractivity contribution in [3.05, 3.63) is 59.7 Å². The van der Waals surface area contributed by atoms with Gasteiger partial charge in [0.2, 0.25) is 11.0 Å². The summed E-state index contributed by atoms with van der Waals surface area (Å²) >= 11 is 1.35. The van der Waals surface area contributed by atoms with Crippen LogP contribution >= 0.6 is 11.3 Å². The molecule has 1 amide bonds. The lowest BCUT2D eigenvalue weighted by Gasteiger charge is -2.08. The zero-order chi connectivity index (χ0) is 17.6. The molecule has 0 spiro atoms. The number of nitrogens with one attached hydrogen (secondary N) is 1. The Morgan fingerprint density at radius 2 is 1.88 bits per heavy atom. The molecular weight excluding hydrogens is 334 g/mol. The third-order valence-electron chi connectivity index (χ3n) is 3.77. The summed E-state index contributed by atoms with van der Waals surface area (Å²) in [5.74, 6) is 0.637. The van der Waals surface area contributed by atoms with Crippen molar-refractivity contribution >= 4 is 22.4 Å². The second-order valence-corrected chi connectivity index (χ2v) is 6.65. The number of carbonyl (C=O) groups is 1.